The summed E-state index contributed by atoms with van der Waals surface area (Å²) in [6.07, 6.45) is 0. The molecule has 0 unspecified atom stereocenters. The van der Waals surface area contributed by atoms with Gasteiger partial charge < -0.3 is 9.47 Å². The van der Waals surface area contributed by atoms with Crippen molar-refractivity contribution in [2.24, 2.45) is 0 Å². The Morgan fingerprint density at radius 3 is 1.81 bits per heavy atom. The SMILES string of the molecule is [2H]c1c([2H])c([2H])c(-c2c([2H])c([2H])c3c([2H])c([2H])c(-c4ccc(N(c5ccccc5)c5cccc6c5c5ccccc5n6-c5ccccc5)cc4)c([2H])c3c2[2H])c([2H])c1[2H]. The van der Waals surface area contributed by atoms with Gasteiger partial charge in [0.05, 0.1) is 31.8 Å². The molecule has 48 heavy (non-hydrogen) atoms. The third-order valence-electron chi connectivity index (χ3n) is 8.48. The summed E-state index contributed by atoms with van der Waals surface area (Å²) in [6, 6.07) is 35.7. The van der Waals surface area contributed by atoms with E-state index in [2.05, 4.69) is 45.9 Å². The van der Waals surface area contributed by atoms with E-state index in [1.807, 2.05) is 78.9 Å². The molecule has 0 aliphatic rings. The molecule has 0 aliphatic heterocycles. The van der Waals surface area contributed by atoms with Crippen LogP contribution in [0.3, 0.4) is 0 Å². The standard InChI is InChI=1S/C46H32N2/c1-4-13-33(14-5-1)36-25-23-35-24-26-37(32-38(35)31-36)34-27-29-41(30-28-34)47(39-15-6-2-7-16-39)44-21-12-22-45-46(44)42-19-10-11-20-43(42)48(45)40-17-8-3-9-18-40/h1-32H/i1D,4D,5D,13D,14D,23D,24D,25D,26D,31D,32D. The van der Waals surface area contributed by atoms with Crippen molar-refractivity contribution in [3.63, 3.8) is 0 Å². The lowest BCUT2D eigenvalue weighted by atomic mass is 9.97. The summed E-state index contributed by atoms with van der Waals surface area (Å²) in [4.78, 5) is 2.14. The van der Waals surface area contributed by atoms with Gasteiger partial charge in [-0.25, -0.2) is 0 Å². The van der Waals surface area contributed by atoms with Crippen molar-refractivity contribution in [3.05, 3.63) is 194 Å². The van der Waals surface area contributed by atoms with Crippen molar-refractivity contribution in [3.8, 4) is 27.9 Å². The van der Waals surface area contributed by atoms with Crippen LogP contribution in [0.15, 0.2) is 194 Å². The molecule has 2 nitrogen and oxygen atoms in total. The molecule has 9 rings (SSSR count). The molecule has 1 heterocycles. The smallest absolute Gasteiger partial charge is 0.0636 e. The first-order chi connectivity index (χ1) is 28.4. The fourth-order valence-corrected chi connectivity index (χ4v) is 6.34. The topological polar surface area (TPSA) is 8.17 Å². The molecule has 0 saturated heterocycles. The summed E-state index contributed by atoms with van der Waals surface area (Å²) >= 11 is 0. The largest absolute Gasteiger partial charge is 0.310 e. The summed E-state index contributed by atoms with van der Waals surface area (Å²) in [5.41, 5.74) is 5.25. The number of rotatable bonds is 6. The maximum absolute atomic E-state index is 9.38. The second-order valence-electron chi connectivity index (χ2n) is 11.3. The van der Waals surface area contributed by atoms with Gasteiger partial charge in [0.1, 0.15) is 0 Å². The predicted octanol–water partition coefficient (Wildman–Crippen LogP) is 12.7. The van der Waals surface area contributed by atoms with Gasteiger partial charge in [-0.05, 0) is 99.7 Å². The van der Waals surface area contributed by atoms with Crippen LogP contribution in [-0.4, -0.2) is 4.57 Å². The highest BCUT2D eigenvalue weighted by atomic mass is 15.1. The molecule has 0 aliphatic carbocycles. The Bertz CT molecular complexity index is 3140. The van der Waals surface area contributed by atoms with Gasteiger partial charge in [0, 0.05) is 27.8 Å². The zero-order chi connectivity index (χ0) is 41.4. The summed E-state index contributed by atoms with van der Waals surface area (Å²) < 4.78 is 98.0. The molecule has 0 N–H and O–H groups in total. The van der Waals surface area contributed by atoms with Crippen molar-refractivity contribution in [1.29, 1.82) is 0 Å². The number of hydrogen-bond acceptors (Lipinski definition) is 1. The Morgan fingerprint density at radius 2 is 1.06 bits per heavy atom. The second-order valence-corrected chi connectivity index (χ2v) is 11.3. The first-order valence-corrected chi connectivity index (χ1v) is 15.6. The van der Waals surface area contributed by atoms with Gasteiger partial charge in [-0.15, -0.1) is 0 Å². The number of nitrogens with zero attached hydrogens (tertiary/aromatic N) is 2. The zero-order valence-electron chi connectivity index (χ0n) is 36.5. The maximum Gasteiger partial charge on any atom is 0.0636 e. The minimum atomic E-state index is -0.663. The van der Waals surface area contributed by atoms with Gasteiger partial charge in [-0.3, -0.25) is 0 Å². The lowest BCUT2D eigenvalue weighted by Crippen LogP contribution is -2.10. The van der Waals surface area contributed by atoms with Crippen LogP contribution in [0.5, 0.6) is 0 Å². The Labute approximate surface area is 295 Å². The van der Waals surface area contributed by atoms with Crippen molar-refractivity contribution in [2.75, 3.05) is 4.90 Å². The van der Waals surface area contributed by atoms with E-state index in [0.717, 1.165) is 44.6 Å². The number of hydrogen-bond donors (Lipinski definition) is 0. The Morgan fingerprint density at radius 1 is 0.438 bits per heavy atom. The minimum Gasteiger partial charge on any atom is -0.310 e. The van der Waals surface area contributed by atoms with Gasteiger partial charge in [0.2, 0.25) is 0 Å². The average molecular weight is 624 g/mol. The first kappa shape index (κ1) is 18.7. The van der Waals surface area contributed by atoms with E-state index in [0.29, 0.717) is 5.56 Å². The van der Waals surface area contributed by atoms with Crippen LogP contribution in [0.1, 0.15) is 15.1 Å². The third kappa shape index (κ3) is 4.83. The molecule has 8 aromatic carbocycles. The number of aromatic nitrogens is 1. The fourth-order valence-electron chi connectivity index (χ4n) is 6.34. The monoisotopic (exact) mass is 623 g/mol. The van der Waals surface area contributed by atoms with E-state index in [1.54, 1.807) is 12.1 Å². The van der Waals surface area contributed by atoms with Crippen molar-refractivity contribution in [1.82, 2.24) is 4.57 Å². The van der Waals surface area contributed by atoms with Crippen molar-refractivity contribution < 1.29 is 15.1 Å². The summed E-state index contributed by atoms with van der Waals surface area (Å²) in [5, 5.41) is 1.62. The Kier molecular flexibility index (Phi) is 4.58. The van der Waals surface area contributed by atoms with Crippen LogP contribution in [0.4, 0.5) is 17.1 Å². The highest BCUT2D eigenvalue weighted by Gasteiger charge is 2.20. The third-order valence-corrected chi connectivity index (χ3v) is 8.48. The van der Waals surface area contributed by atoms with Crippen molar-refractivity contribution >= 4 is 49.6 Å². The van der Waals surface area contributed by atoms with E-state index < -0.39 is 65.5 Å². The molecule has 0 amide bonds. The molecule has 0 atom stereocenters. The molecule has 226 valence electrons. The van der Waals surface area contributed by atoms with Crippen molar-refractivity contribution in [2.45, 2.75) is 0 Å². The van der Waals surface area contributed by atoms with Gasteiger partial charge in [-0.2, -0.15) is 0 Å². The molecule has 9 aromatic rings. The van der Waals surface area contributed by atoms with Crippen LogP contribution >= 0.6 is 0 Å². The summed E-state index contributed by atoms with van der Waals surface area (Å²) in [5.74, 6) is 0. The lowest BCUT2D eigenvalue weighted by Gasteiger charge is -2.26. The Balaban J connectivity index is 1.25. The quantitative estimate of drug-likeness (QED) is 0.179. The van der Waals surface area contributed by atoms with Gasteiger partial charge in [0.15, 0.2) is 0 Å². The lowest BCUT2D eigenvalue weighted by molar-refractivity contribution is 1.18. The molecular formula is C46H32N2. The van der Waals surface area contributed by atoms with Crippen LogP contribution in [-0.2, 0) is 0 Å². The molecule has 1 aromatic heterocycles. The number of fused-ring (bicyclic) bond motifs is 4. The van der Waals surface area contributed by atoms with E-state index >= 15 is 0 Å². The molecule has 2 heteroatoms. The number of benzene rings is 8. The molecule has 0 fully saturated rings. The van der Waals surface area contributed by atoms with Gasteiger partial charge in [-0.1, -0.05) is 127 Å². The predicted molar refractivity (Wildman–Crippen MR) is 204 cm³/mol. The zero-order valence-corrected chi connectivity index (χ0v) is 25.5. The van der Waals surface area contributed by atoms with E-state index in [-0.39, 0.29) is 28.4 Å². The van der Waals surface area contributed by atoms with E-state index in [4.69, 9.17) is 12.3 Å². The highest BCUT2D eigenvalue weighted by Crippen LogP contribution is 2.44. The second kappa shape index (κ2) is 11.8. The summed E-state index contributed by atoms with van der Waals surface area (Å²) in [6.45, 7) is 0. The van der Waals surface area contributed by atoms with E-state index in [1.165, 1.54) is 0 Å². The molecule has 0 spiro atoms. The highest BCUT2D eigenvalue weighted by molar-refractivity contribution is 6.16. The Hall–Kier alpha value is -6.38. The normalized spacial score (nSPS) is 14.5. The fraction of sp³-hybridized carbons (Fsp3) is 0. The average Bonchev–Trinajstić information content (AvgIpc) is 3.60. The number of para-hydroxylation sites is 3. The molecule has 0 radical (unpaired) electrons. The van der Waals surface area contributed by atoms with E-state index in [9.17, 15) is 2.74 Å². The molecule has 0 saturated carbocycles. The van der Waals surface area contributed by atoms with Gasteiger partial charge in [0.25, 0.3) is 0 Å². The summed E-state index contributed by atoms with van der Waals surface area (Å²) in [7, 11) is 0. The van der Waals surface area contributed by atoms with Crippen LogP contribution < -0.4 is 4.90 Å². The molecule has 0 bridgehead atoms. The molecular weight excluding hydrogens is 581 g/mol. The maximum atomic E-state index is 9.38. The minimum absolute atomic E-state index is 0.0194. The van der Waals surface area contributed by atoms with Gasteiger partial charge >= 0.3 is 0 Å². The van der Waals surface area contributed by atoms with Crippen LogP contribution in [0, 0.1) is 0 Å². The number of anilines is 3. The van der Waals surface area contributed by atoms with Crippen LogP contribution in [0.25, 0.3) is 60.5 Å². The first-order valence-electron chi connectivity index (χ1n) is 21.1. The van der Waals surface area contributed by atoms with Crippen LogP contribution in [0.2, 0.25) is 0 Å².